The van der Waals surface area contributed by atoms with Crippen LogP contribution in [0, 0.1) is 3.57 Å². The van der Waals surface area contributed by atoms with Crippen molar-refractivity contribution in [2.24, 2.45) is 0 Å². The summed E-state index contributed by atoms with van der Waals surface area (Å²) in [4.78, 5) is 0. The molecule has 0 atom stereocenters. The van der Waals surface area contributed by atoms with E-state index in [0.717, 1.165) is 13.1 Å². The lowest BCUT2D eigenvalue weighted by atomic mass is 10.4. The zero-order valence-corrected chi connectivity index (χ0v) is 8.87. The van der Waals surface area contributed by atoms with Crippen LogP contribution in [-0.4, -0.2) is 0 Å². The molecule has 0 heterocycles. The Morgan fingerprint density at radius 2 is 2.11 bits per heavy atom. The molecule has 0 saturated carbocycles. The molecule has 9 heavy (non-hydrogen) atoms. The summed E-state index contributed by atoms with van der Waals surface area (Å²) in [5.74, 6) is 0. The van der Waals surface area contributed by atoms with E-state index in [1.54, 1.807) is 0 Å². The van der Waals surface area contributed by atoms with Crippen LogP contribution in [0.4, 0.5) is 0 Å². The van der Waals surface area contributed by atoms with Gasteiger partial charge in [0.2, 0.25) is 0 Å². The largest absolute Gasteiger partial charge is 0.0843 e. The van der Waals surface area contributed by atoms with Gasteiger partial charge >= 0.3 is 0 Å². The summed E-state index contributed by atoms with van der Waals surface area (Å²) in [5, 5.41) is 0.780. The zero-order valence-electron chi connectivity index (χ0n) is 4.37. The van der Waals surface area contributed by atoms with Crippen molar-refractivity contribution >= 4 is 50.1 Å². The second-order valence-corrected chi connectivity index (χ2v) is 4.01. The molecule has 0 spiro atoms. The quantitative estimate of drug-likeness (QED) is 0.505. The molecule has 0 amide bonds. The molecule has 1 aromatic carbocycles. The maximum absolute atomic E-state index is 5.69. The van der Waals surface area contributed by atoms with Crippen molar-refractivity contribution in [1.29, 1.82) is 0 Å². The van der Waals surface area contributed by atoms with Gasteiger partial charge in [0.1, 0.15) is 0 Å². The maximum Gasteiger partial charge on any atom is 0.0417 e. The first-order chi connectivity index (χ1) is 4.20. The van der Waals surface area contributed by atoms with E-state index in [-0.39, 0.29) is 0 Å². The molecule has 0 aromatic heterocycles. The van der Waals surface area contributed by atoms with Crippen LogP contribution in [0.15, 0.2) is 22.7 Å². The highest BCUT2D eigenvalue weighted by Gasteiger charge is 1.93. The molecule has 0 aliphatic carbocycles. The topological polar surface area (TPSA) is 0 Å². The SMILES string of the molecule is Clc1ccc(Br)c(I)c1. The predicted octanol–water partition coefficient (Wildman–Crippen LogP) is 3.71. The maximum atomic E-state index is 5.69. The molecule has 0 aliphatic rings. The Labute approximate surface area is 80.9 Å². The third kappa shape index (κ3) is 2.09. The Balaban J connectivity index is 3.17. The lowest BCUT2D eigenvalue weighted by molar-refractivity contribution is 1.59. The molecule has 0 nitrogen and oxygen atoms in total. The Morgan fingerprint density at radius 3 is 2.56 bits per heavy atom. The third-order valence-corrected chi connectivity index (χ3v) is 3.44. The second kappa shape index (κ2) is 3.21. The molecule has 1 aromatic rings. The number of hydrogen-bond acceptors (Lipinski definition) is 0. The fourth-order valence-electron chi connectivity index (χ4n) is 0.470. The molecule has 48 valence electrons. The van der Waals surface area contributed by atoms with Crippen molar-refractivity contribution in [3.05, 3.63) is 31.3 Å². The van der Waals surface area contributed by atoms with Crippen LogP contribution >= 0.6 is 50.1 Å². The van der Waals surface area contributed by atoms with Gasteiger partial charge in [0.15, 0.2) is 0 Å². The van der Waals surface area contributed by atoms with Gasteiger partial charge in [-0.05, 0) is 56.7 Å². The summed E-state index contributed by atoms with van der Waals surface area (Å²) >= 11 is 11.3. The zero-order chi connectivity index (χ0) is 6.85. The van der Waals surface area contributed by atoms with E-state index in [9.17, 15) is 0 Å². The highest BCUT2D eigenvalue weighted by atomic mass is 127. The second-order valence-electron chi connectivity index (χ2n) is 1.56. The highest BCUT2D eigenvalue weighted by molar-refractivity contribution is 14.1. The summed E-state index contributed by atoms with van der Waals surface area (Å²) in [6.45, 7) is 0. The van der Waals surface area contributed by atoms with E-state index in [4.69, 9.17) is 11.6 Å². The minimum absolute atomic E-state index is 0.780. The van der Waals surface area contributed by atoms with Gasteiger partial charge in [-0.1, -0.05) is 11.6 Å². The minimum Gasteiger partial charge on any atom is -0.0843 e. The summed E-state index contributed by atoms with van der Waals surface area (Å²) in [7, 11) is 0. The molecule has 3 heteroatoms. The van der Waals surface area contributed by atoms with E-state index in [2.05, 4.69) is 38.5 Å². The summed E-state index contributed by atoms with van der Waals surface area (Å²) in [5.41, 5.74) is 0. The highest BCUT2D eigenvalue weighted by Crippen LogP contribution is 2.21. The Kier molecular flexibility index (Phi) is 2.79. The molecule has 0 radical (unpaired) electrons. The molecule has 0 unspecified atom stereocenters. The standard InChI is InChI=1S/C6H3BrClI/c7-5-2-1-4(8)3-6(5)9/h1-3H. The van der Waals surface area contributed by atoms with Gasteiger partial charge in [0.25, 0.3) is 0 Å². The van der Waals surface area contributed by atoms with Gasteiger partial charge in [0, 0.05) is 13.1 Å². The van der Waals surface area contributed by atoms with E-state index in [1.165, 1.54) is 0 Å². The average Bonchev–Trinajstić information content (AvgIpc) is 1.80. The molecule has 0 fully saturated rings. The summed E-state index contributed by atoms with van der Waals surface area (Å²) in [6.07, 6.45) is 0. The Morgan fingerprint density at radius 1 is 1.44 bits per heavy atom. The van der Waals surface area contributed by atoms with Gasteiger partial charge in [-0.25, -0.2) is 0 Å². The Bertz CT molecular complexity index is 224. The fourth-order valence-corrected chi connectivity index (χ4v) is 1.59. The van der Waals surface area contributed by atoms with Crippen molar-refractivity contribution in [3.8, 4) is 0 Å². The Hall–Kier alpha value is 0.720. The van der Waals surface area contributed by atoms with Crippen LogP contribution in [0.25, 0.3) is 0 Å². The van der Waals surface area contributed by atoms with E-state index >= 15 is 0 Å². The first-order valence-corrected chi connectivity index (χ1v) is 4.55. The van der Waals surface area contributed by atoms with E-state index < -0.39 is 0 Å². The number of benzene rings is 1. The predicted molar refractivity (Wildman–Crippen MR) is 51.9 cm³/mol. The van der Waals surface area contributed by atoms with Gasteiger partial charge in [-0.3, -0.25) is 0 Å². The van der Waals surface area contributed by atoms with Crippen LogP contribution in [0.1, 0.15) is 0 Å². The molecule has 0 bridgehead atoms. The van der Waals surface area contributed by atoms with Crippen molar-refractivity contribution in [2.45, 2.75) is 0 Å². The summed E-state index contributed by atoms with van der Waals surface area (Å²) < 4.78 is 2.23. The first-order valence-electron chi connectivity index (χ1n) is 2.30. The minimum atomic E-state index is 0.780. The molecule has 0 aliphatic heterocycles. The molecule has 0 saturated heterocycles. The lowest BCUT2D eigenvalue weighted by Crippen LogP contribution is -1.71. The van der Waals surface area contributed by atoms with Gasteiger partial charge in [0.05, 0.1) is 0 Å². The first kappa shape index (κ1) is 7.82. The smallest absolute Gasteiger partial charge is 0.0417 e. The molecular formula is C6H3BrClI. The van der Waals surface area contributed by atoms with Gasteiger partial charge < -0.3 is 0 Å². The summed E-state index contributed by atoms with van der Waals surface area (Å²) in [6, 6.07) is 5.70. The van der Waals surface area contributed by atoms with Gasteiger partial charge in [-0.2, -0.15) is 0 Å². The lowest BCUT2D eigenvalue weighted by Gasteiger charge is -1.93. The van der Waals surface area contributed by atoms with Crippen molar-refractivity contribution in [2.75, 3.05) is 0 Å². The molecule has 1 rings (SSSR count). The average molecular weight is 317 g/mol. The van der Waals surface area contributed by atoms with E-state index in [0.29, 0.717) is 0 Å². The van der Waals surface area contributed by atoms with Crippen LogP contribution in [-0.2, 0) is 0 Å². The van der Waals surface area contributed by atoms with Crippen molar-refractivity contribution in [3.63, 3.8) is 0 Å². The van der Waals surface area contributed by atoms with Crippen LogP contribution in [0.3, 0.4) is 0 Å². The fraction of sp³-hybridized carbons (Fsp3) is 0. The molecule has 0 N–H and O–H groups in total. The number of rotatable bonds is 0. The van der Waals surface area contributed by atoms with E-state index in [1.807, 2.05) is 18.2 Å². The normalized spacial score (nSPS) is 9.67. The van der Waals surface area contributed by atoms with Gasteiger partial charge in [-0.15, -0.1) is 0 Å². The van der Waals surface area contributed by atoms with Crippen molar-refractivity contribution < 1.29 is 0 Å². The number of hydrogen-bond donors (Lipinski definition) is 0. The van der Waals surface area contributed by atoms with Crippen LogP contribution in [0.2, 0.25) is 5.02 Å². The van der Waals surface area contributed by atoms with Crippen molar-refractivity contribution in [1.82, 2.24) is 0 Å². The third-order valence-electron chi connectivity index (χ3n) is 0.882. The molecular weight excluding hydrogens is 314 g/mol. The van der Waals surface area contributed by atoms with Crippen LogP contribution < -0.4 is 0 Å². The van der Waals surface area contributed by atoms with Crippen LogP contribution in [0.5, 0.6) is 0 Å². The number of halogens is 3. The monoisotopic (exact) mass is 316 g/mol.